The second-order valence-corrected chi connectivity index (χ2v) is 6.09. The minimum Gasteiger partial charge on any atom is -0.356 e. The maximum atomic E-state index is 12.7. The van der Waals surface area contributed by atoms with Crippen LogP contribution in [0.1, 0.15) is 28.8 Å². The smallest absolute Gasteiger partial charge is 0.252 e. The van der Waals surface area contributed by atoms with Gasteiger partial charge in [-0.3, -0.25) is 14.7 Å². The molecule has 1 fully saturated rings. The average molecular weight is 343 g/mol. The molecular formula is C17H21N5O3. The number of nitrogens with one attached hydrogen (secondary N) is 2. The third-order valence-corrected chi connectivity index (χ3v) is 4.31. The molecule has 2 amide bonds. The van der Waals surface area contributed by atoms with E-state index in [2.05, 4.69) is 20.5 Å². The number of aromatic amines is 1. The zero-order valence-electron chi connectivity index (χ0n) is 14.4. The summed E-state index contributed by atoms with van der Waals surface area (Å²) in [7, 11) is 1.70. The molecular weight excluding hydrogens is 322 g/mol. The van der Waals surface area contributed by atoms with E-state index in [9.17, 15) is 9.59 Å². The number of aryl methyl sites for hydroxylation is 2. The molecule has 1 aliphatic heterocycles. The molecule has 132 valence electrons. The number of amides is 2. The van der Waals surface area contributed by atoms with Gasteiger partial charge in [-0.1, -0.05) is 24.3 Å². The zero-order valence-corrected chi connectivity index (χ0v) is 14.4. The molecule has 2 atom stereocenters. The highest BCUT2D eigenvalue weighted by Crippen LogP contribution is 2.31. The van der Waals surface area contributed by atoms with Crippen molar-refractivity contribution in [2.45, 2.75) is 32.5 Å². The highest BCUT2D eigenvalue weighted by atomic mass is 16.5. The lowest BCUT2D eigenvalue weighted by Gasteiger charge is -2.38. The number of carbonyl (C=O) groups is 2. The first-order valence-corrected chi connectivity index (χ1v) is 8.05. The number of benzene rings is 1. The highest BCUT2D eigenvalue weighted by molar-refractivity contribution is 5.86. The van der Waals surface area contributed by atoms with Gasteiger partial charge in [0.25, 0.3) is 5.91 Å². The average Bonchev–Trinajstić information content (AvgIpc) is 3.01. The fourth-order valence-corrected chi connectivity index (χ4v) is 2.96. The van der Waals surface area contributed by atoms with E-state index in [0.29, 0.717) is 11.6 Å². The van der Waals surface area contributed by atoms with Crippen LogP contribution in [-0.2, 0) is 20.9 Å². The van der Waals surface area contributed by atoms with Gasteiger partial charge in [0.15, 0.2) is 11.9 Å². The van der Waals surface area contributed by atoms with Crippen LogP contribution in [-0.4, -0.2) is 51.7 Å². The van der Waals surface area contributed by atoms with Gasteiger partial charge in [0.2, 0.25) is 5.91 Å². The molecule has 2 heterocycles. The Morgan fingerprint density at radius 2 is 2.16 bits per heavy atom. The monoisotopic (exact) mass is 343 g/mol. The lowest BCUT2D eigenvalue weighted by atomic mass is 9.94. The standard InChI is InChI=1S/C17H21N5O3/c1-10-6-4-5-7-12(10)15-16(25-9-14(23)22(15)3)17(24)18-8-13-19-11(2)20-21-13/h4-7,15-16H,8-9H2,1-3H3,(H,18,24)(H,19,20,21)/t15-,16+/m1/s1. The second kappa shape index (κ2) is 7.02. The summed E-state index contributed by atoms with van der Waals surface area (Å²) in [5, 5.41) is 9.51. The quantitative estimate of drug-likeness (QED) is 0.848. The van der Waals surface area contributed by atoms with Crippen LogP contribution in [0.15, 0.2) is 24.3 Å². The van der Waals surface area contributed by atoms with Gasteiger partial charge in [0.1, 0.15) is 12.4 Å². The summed E-state index contributed by atoms with van der Waals surface area (Å²) >= 11 is 0. The lowest BCUT2D eigenvalue weighted by molar-refractivity contribution is -0.162. The van der Waals surface area contributed by atoms with Gasteiger partial charge < -0.3 is 15.0 Å². The molecule has 2 N–H and O–H groups in total. The summed E-state index contributed by atoms with van der Waals surface area (Å²) in [5.74, 6) is 0.733. The Morgan fingerprint density at radius 3 is 2.84 bits per heavy atom. The van der Waals surface area contributed by atoms with Crippen molar-refractivity contribution in [1.29, 1.82) is 0 Å². The molecule has 1 saturated heterocycles. The first-order chi connectivity index (χ1) is 12.0. The lowest BCUT2D eigenvalue weighted by Crippen LogP contribution is -2.53. The Balaban J connectivity index is 1.80. The fourth-order valence-electron chi connectivity index (χ4n) is 2.96. The van der Waals surface area contributed by atoms with Crippen LogP contribution < -0.4 is 5.32 Å². The summed E-state index contributed by atoms with van der Waals surface area (Å²) in [5.41, 5.74) is 1.90. The molecule has 8 nitrogen and oxygen atoms in total. The fraction of sp³-hybridized carbons (Fsp3) is 0.412. The van der Waals surface area contributed by atoms with Crippen molar-refractivity contribution in [2.75, 3.05) is 13.7 Å². The Bertz CT molecular complexity index is 788. The molecule has 1 aromatic carbocycles. The van der Waals surface area contributed by atoms with E-state index in [4.69, 9.17) is 4.74 Å². The molecule has 0 aliphatic carbocycles. The van der Waals surface area contributed by atoms with Crippen molar-refractivity contribution in [2.24, 2.45) is 0 Å². The molecule has 0 unspecified atom stereocenters. The van der Waals surface area contributed by atoms with E-state index < -0.39 is 12.1 Å². The second-order valence-electron chi connectivity index (χ2n) is 6.09. The Labute approximate surface area is 145 Å². The van der Waals surface area contributed by atoms with Crippen LogP contribution in [0, 0.1) is 13.8 Å². The van der Waals surface area contributed by atoms with Crippen LogP contribution in [0.4, 0.5) is 0 Å². The van der Waals surface area contributed by atoms with Crippen LogP contribution in [0.2, 0.25) is 0 Å². The molecule has 0 radical (unpaired) electrons. The molecule has 3 rings (SSSR count). The van der Waals surface area contributed by atoms with Gasteiger partial charge in [-0.05, 0) is 25.0 Å². The van der Waals surface area contributed by atoms with Crippen molar-refractivity contribution in [3.63, 3.8) is 0 Å². The predicted octanol–water partition coefficient (Wildman–Crippen LogP) is 0.636. The Kier molecular flexibility index (Phi) is 4.80. The van der Waals surface area contributed by atoms with Gasteiger partial charge in [0.05, 0.1) is 12.6 Å². The number of H-pyrrole nitrogens is 1. The third kappa shape index (κ3) is 3.53. The molecule has 1 aliphatic rings. The highest BCUT2D eigenvalue weighted by Gasteiger charge is 2.40. The Hall–Kier alpha value is -2.74. The molecule has 0 saturated carbocycles. The van der Waals surface area contributed by atoms with Crippen molar-refractivity contribution in [3.8, 4) is 0 Å². The van der Waals surface area contributed by atoms with Gasteiger partial charge in [-0.2, -0.15) is 5.10 Å². The van der Waals surface area contributed by atoms with Crippen LogP contribution in [0.5, 0.6) is 0 Å². The van der Waals surface area contributed by atoms with E-state index in [1.807, 2.05) is 31.2 Å². The SMILES string of the molecule is Cc1nc(CNC(=O)[C@H]2OCC(=O)N(C)[C@@H]2c2ccccc2C)n[nH]1. The van der Waals surface area contributed by atoms with Crippen molar-refractivity contribution in [3.05, 3.63) is 47.0 Å². The number of hydrogen-bond acceptors (Lipinski definition) is 5. The van der Waals surface area contributed by atoms with E-state index in [1.54, 1.807) is 18.9 Å². The number of nitrogens with zero attached hydrogens (tertiary/aromatic N) is 3. The number of likely N-dealkylation sites (N-methyl/N-ethyl adjacent to an activating group) is 1. The topological polar surface area (TPSA) is 100 Å². The molecule has 2 aromatic rings. The van der Waals surface area contributed by atoms with Gasteiger partial charge in [0, 0.05) is 7.05 Å². The van der Waals surface area contributed by atoms with Gasteiger partial charge in [-0.15, -0.1) is 0 Å². The largest absolute Gasteiger partial charge is 0.356 e. The third-order valence-electron chi connectivity index (χ3n) is 4.31. The van der Waals surface area contributed by atoms with Crippen LogP contribution in [0.25, 0.3) is 0 Å². The summed E-state index contributed by atoms with van der Waals surface area (Å²) in [6.07, 6.45) is -0.788. The number of ether oxygens (including phenoxy) is 1. The number of aromatic nitrogens is 3. The van der Waals surface area contributed by atoms with E-state index >= 15 is 0 Å². The first-order valence-electron chi connectivity index (χ1n) is 8.05. The van der Waals surface area contributed by atoms with Crippen LogP contribution in [0.3, 0.4) is 0 Å². The van der Waals surface area contributed by atoms with E-state index in [0.717, 1.165) is 11.1 Å². The van der Waals surface area contributed by atoms with Crippen LogP contribution >= 0.6 is 0 Å². The maximum Gasteiger partial charge on any atom is 0.252 e. The summed E-state index contributed by atoms with van der Waals surface area (Å²) in [4.78, 5) is 30.5. The normalized spacial score (nSPS) is 20.6. The van der Waals surface area contributed by atoms with Crippen molar-refractivity contribution < 1.29 is 14.3 Å². The molecule has 0 bridgehead atoms. The minimum absolute atomic E-state index is 0.114. The van der Waals surface area contributed by atoms with Crippen molar-refractivity contribution in [1.82, 2.24) is 25.4 Å². The summed E-state index contributed by atoms with van der Waals surface area (Å²) < 4.78 is 5.59. The number of hydrogen-bond donors (Lipinski definition) is 2. The van der Waals surface area contributed by atoms with E-state index in [-0.39, 0.29) is 25.0 Å². The summed E-state index contributed by atoms with van der Waals surface area (Å²) in [6, 6.07) is 7.20. The first kappa shape index (κ1) is 17.1. The Morgan fingerprint density at radius 1 is 1.40 bits per heavy atom. The minimum atomic E-state index is -0.788. The molecule has 25 heavy (non-hydrogen) atoms. The van der Waals surface area contributed by atoms with Crippen molar-refractivity contribution >= 4 is 11.8 Å². The predicted molar refractivity (Wildman–Crippen MR) is 89.4 cm³/mol. The zero-order chi connectivity index (χ0) is 18.0. The van der Waals surface area contributed by atoms with E-state index in [1.165, 1.54) is 0 Å². The molecule has 0 spiro atoms. The van der Waals surface area contributed by atoms with Gasteiger partial charge in [-0.25, -0.2) is 4.98 Å². The van der Waals surface area contributed by atoms with Gasteiger partial charge >= 0.3 is 0 Å². The molecule has 1 aromatic heterocycles. The number of rotatable bonds is 4. The maximum absolute atomic E-state index is 12.7. The number of morpholine rings is 1. The number of carbonyl (C=O) groups excluding carboxylic acids is 2. The molecule has 8 heteroatoms. The summed E-state index contributed by atoms with van der Waals surface area (Å²) in [6.45, 7) is 3.82.